The van der Waals surface area contributed by atoms with Crippen LogP contribution in [0.3, 0.4) is 0 Å². The number of carbonyl (C=O) groups is 1. The average molecular weight is 459 g/mol. The number of piperidine rings is 1. The molecule has 9 nitrogen and oxygen atoms in total. The molecule has 1 saturated heterocycles. The first-order valence-corrected chi connectivity index (χ1v) is 10.4. The lowest BCUT2D eigenvalue weighted by atomic mass is 9.94. The summed E-state index contributed by atoms with van der Waals surface area (Å²) < 4.78 is 45.6. The topological polar surface area (TPSA) is 112 Å². The van der Waals surface area contributed by atoms with Gasteiger partial charge in [-0.2, -0.15) is 23.4 Å². The summed E-state index contributed by atoms with van der Waals surface area (Å²) in [5, 5.41) is 7.75. The smallest absolute Gasteiger partial charge is 0.433 e. The number of halogens is 3. The number of likely N-dealkylation sites (tertiary alicyclic amines) is 1. The van der Waals surface area contributed by atoms with Crippen LogP contribution in [0.15, 0.2) is 42.9 Å². The monoisotopic (exact) mass is 459 g/mol. The molecule has 2 aliphatic rings. The summed E-state index contributed by atoms with van der Waals surface area (Å²) in [6.45, 7) is 0.905. The molecule has 0 bridgehead atoms. The second-order valence-corrected chi connectivity index (χ2v) is 8.31. The largest absolute Gasteiger partial charge is 0.474 e. The van der Waals surface area contributed by atoms with Crippen molar-refractivity contribution in [3.05, 3.63) is 54.1 Å². The first-order valence-electron chi connectivity index (χ1n) is 10.4. The molecule has 1 amide bonds. The number of carbonyl (C=O) groups excluding carboxylic acids is 1. The normalized spacial score (nSPS) is 22.4. The second-order valence-electron chi connectivity index (χ2n) is 8.31. The molecule has 1 spiro atoms. The zero-order valence-electron chi connectivity index (χ0n) is 17.4. The van der Waals surface area contributed by atoms with Gasteiger partial charge in [0, 0.05) is 36.5 Å². The zero-order chi connectivity index (χ0) is 23.2. The first-order chi connectivity index (χ1) is 15.7. The van der Waals surface area contributed by atoms with Gasteiger partial charge in [0.25, 0.3) is 5.91 Å². The third kappa shape index (κ3) is 4.08. The van der Waals surface area contributed by atoms with Crippen LogP contribution in [0.25, 0.3) is 5.82 Å². The molecule has 1 aliphatic heterocycles. The molecule has 2 N–H and O–H groups in total. The van der Waals surface area contributed by atoms with Gasteiger partial charge in [0.1, 0.15) is 11.8 Å². The Morgan fingerprint density at radius 3 is 2.70 bits per heavy atom. The lowest BCUT2D eigenvalue weighted by Crippen LogP contribution is -2.43. The number of ether oxygens (including phenoxy) is 1. The van der Waals surface area contributed by atoms with Gasteiger partial charge in [0.05, 0.1) is 18.0 Å². The number of anilines is 1. The highest BCUT2D eigenvalue weighted by atomic mass is 19.4. The Balaban J connectivity index is 1.38. The number of hydrogen-bond acceptors (Lipinski definition) is 7. The molecule has 5 rings (SSSR count). The number of hydrogen-bond donors (Lipinski definition) is 1. The Bertz CT molecular complexity index is 1180. The highest BCUT2D eigenvalue weighted by Gasteiger charge is 2.58. The number of amides is 1. The Kier molecular flexibility index (Phi) is 4.94. The molecule has 0 aromatic carbocycles. The van der Waals surface area contributed by atoms with Crippen LogP contribution in [0.1, 0.15) is 35.3 Å². The van der Waals surface area contributed by atoms with Crippen LogP contribution in [0, 0.1) is 5.41 Å². The average Bonchev–Trinajstić information content (AvgIpc) is 3.17. The maximum Gasteiger partial charge on any atom is 0.433 e. The van der Waals surface area contributed by atoms with Crippen LogP contribution in [0.2, 0.25) is 0 Å². The van der Waals surface area contributed by atoms with Crippen LogP contribution in [0.5, 0.6) is 5.88 Å². The van der Waals surface area contributed by atoms with E-state index in [0.717, 1.165) is 36.2 Å². The van der Waals surface area contributed by atoms with Crippen LogP contribution >= 0.6 is 0 Å². The molecule has 1 unspecified atom stereocenters. The van der Waals surface area contributed by atoms with Crippen molar-refractivity contribution in [3.63, 3.8) is 0 Å². The molecular weight excluding hydrogens is 439 g/mol. The maximum absolute atomic E-state index is 13.4. The van der Waals surface area contributed by atoms with Crippen molar-refractivity contribution in [2.24, 2.45) is 5.41 Å². The van der Waals surface area contributed by atoms with Crippen molar-refractivity contribution in [3.8, 4) is 11.7 Å². The van der Waals surface area contributed by atoms with E-state index in [1.165, 1.54) is 12.4 Å². The Hall–Kier alpha value is -3.70. The van der Waals surface area contributed by atoms with Crippen molar-refractivity contribution in [1.82, 2.24) is 29.9 Å². The fraction of sp³-hybridized carbons (Fsp3) is 0.381. The standard InChI is InChI=1S/C21H20F3N7O2/c22-21(23,24)15-3-2-14(18(29-15)31-27-7-8-28-31)19(32)30-9-1-5-20(12-30)11-16(20)33-17-10-13(25)4-6-26-17/h2-4,6-8,10,16H,1,5,9,11-12H2,(H2,25,26)/t16?,20-/m0/s1. The van der Waals surface area contributed by atoms with Crippen molar-refractivity contribution >= 4 is 11.6 Å². The van der Waals surface area contributed by atoms with E-state index in [-0.39, 0.29) is 22.9 Å². The fourth-order valence-electron chi connectivity index (χ4n) is 4.30. The predicted octanol–water partition coefficient (Wildman–Crippen LogP) is 2.73. The highest BCUT2D eigenvalue weighted by Crippen LogP contribution is 2.54. The third-order valence-corrected chi connectivity index (χ3v) is 6.04. The van der Waals surface area contributed by atoms with E-state index in [4.69, 9.17) is 10.5 Å². The number of nitrogen functional groups attached to an aromatic ring is 1. The molecule has 3 aromatic rings. The number of nitrogens with two attached hydrogens (primary N) is 1. The number of aromatic nitrogens is 5. The quantitative estimate of drug-likeness (QED) is 0.638. The molecule has 2 fully saturated rings. The zero-order valence-corrected chi connectivity index (χ0v) is 17.4. The minimum Gasteiger partial charge on any atom is -0.474 e. The van der Waals surface area contributed by atoms with E-state index in [2.05, 4.69) is 20.2 Å². The summed E-state index contributed by atoms with van der Waals surface area (Å²) in [4.78, 5) is 23.8. The number of rotatable bonds is 4. The molecular formula is C21H20F3N7O2. The summed E-state index contributed by atoms with van der Waals surface area (Å²) in [6.07, 6.45) is 1.80. The van der Waals surface area contributed by atoms with Crippen molar-refractivity contribution in [2.75, 3.05) is 18.8 Å². The van der Waals surface area contributed by atoms with Gasteiger partial charge in [-0.3, -0.25) is 4.79 Å². The fourth-order valence-corrected chi connectivity index (χ4v) is 4.30. The minimum absolute atomic E-state index is 0.00636. The van der Waals surface area contributed by atoms with E-state index >= 15 is 0 Å². The van der Waals surface area contributed by atoms with E-state index in [9.17, 15) is 18.0 Å². The number of nitrogens with zero attached hydrogens (tertiary/aromatic N) is 6. The van der Waals surface area contributed by atoms with Crippen molar-refractivity contribution < 1.29 is 22.7 Å². The van der Waals surface area contributed by atoms with E-state index in [0.29, 0.717) is 24.7 Å². The molecule has 12 heteroatoms. The predicted molar refractivity (Wildman–Crippen MR) is 109 cm³/mol. The summed E-state index contributed by atoms with van der Waals surface area (Å²) in [5.41, 5.74) is 5.00. The van der Waals surface area contributed by atoms with Crippen molar-refractivity contribution in [1.29, 1.82) is 0 Å². The Labute approximate surface area is 186 Å². The molecule has 172 valence electrons. The van der Waals surface area contributed by atoms with Gasteiger partial charge < -0.3 is 15.4 Å². The van der Waals surface area contributed by atoms with Gasteiger partial charge in [0.15, 0.2) is 5.82 Å². The summed E-state index contributed by atoms with van der Waals surface area (Å²) in [6, 6.07) is 5.25. The summed E-state index contributed by atoms with van der Waals surface area (Å²) in [7, 11) is 0. The van der Waals surface area contributed by atoms with Crippen LogP contribution < -0.4 is 10.5 Å². The third-order valence-electron chi connectivity index (χ3n) is 6.04. The van der Waals surface area contributed by atoms with E-state index in [1.54, 1.807) is 23.2 Å². The van der Waals surface area contributed by atoms with Gasteiger partial charge >= 0.3 is 6.18 Å². The van der Waals surface area contributed by atoms with Gasteiger partial charge in [0.2, 0.25) is 5.88 Å². The molecule has 2 atom stereocenters. The van der Waals surface area contributed by atoms with Crippen molar-refractivity contribution in [2.45, 2.75) is 31.5 Å². The van der Waals surface area contributed by atoms with E-state index in [1.807, 2.05) is 0 Å². The van der Waals surface area contributed by atoms with Gasteiger partial charge in [-0.15, -0.1) is 4.80 Å². The number of alkyl halides is 3. The molecule has 3 aromatic heterocycles. The molecule has 0 radical (unpaired) electrons. The van der Waals surface area contributed by atoms with Crippen LogP contribution in [0.4, 0.5) is 18.9 Å². The molecule has 33 heavy (non-hydrogen) atoms. The van der Waals surface area contributed by atoms with Crippen LogP contribution in [-0.2, 0) is 6.18 Å². The SMILES string of the molecule is Nc1ccnc(OC2C[C@]23CCCN(C(=O)c2ccc(C(F)(F)F)nc2-n2nccn2)C3)c1. The van der Waals surface area contributed by atoms with E-state index < -0.39 is 17.8 Å². The lowest BCUT2D eigenvalue weighted by molar-refractivity contribution is -0.141. The van der Waals surface area contributed by atoms with Gasteiger partial charge in [-0.05, 0) is 37.5 Å². The number of pyridine rings is 2. The van der Waals surface area contributed by atoms with Gasteiger partial charge in [-0.25, -0.2) is 9.97 Å². The first kappa shape index (κ1) is 21.2. The molecule has 4 heterocycles. The summed E-state index contributed by atoms with van der Waals surface area (Å²) in [5.74, 6) is -0.248. The van der Waals surface area contributed by atoms with Gasteiger partial charge in [-0.1, -0.05) is 0 Å². The molecule has 1 aliphatic carbocycles. The summed E-state index contributed by atoms with van der Waals surface area (Å²) >= 11 is 0. The highest BCUT2D eigenvalue weighted by molar-refractivity contribution is 5.97. The lowest BCUT2D eigenvalue weighted by Gasteiger charge is -2.33. The Morgan fingerprint density at radius 2 is 1.97 bits per heavy atom. The maximum atomic E-state index is 13.4. The minimum atomic E-state index is -4.66. The molecule has 1 saturated carbocycles. The Morgan fingerprint density at radius 1 is 1.18 bits per heavy atom. The van der Waals surface area contributed by atoms with Crippen LogP contribution in [-0.4, -0.2) is 55.0 Å². The second kappa shape index (κ2) is 7.71.